The van der Waals surface area contributed by atoms with Gasteiger partial charge in [0, 0.05) is 5.69 Å². The maximum Gasteiger partial charge on any atom is 0.372 e. The summed E-state index contributed by atoms with van der Waals surface area (Å²) in [6, 6.07) is 22.6. The summed E-state index contributed by atoms with van der Waals surface area (Å²) >= 11 is 0. The Kier molecular flexibility index (Phi) is 5.08. The number of hydrogen-bond donors (Lipinski definition) is 1. The van der Waals surface area contributed by atoms with Crippen LogP contribution in [0.3, 0.4) is 0 Å². The maximum absolute atomic E-state index is 12.6. The zero-order chi connectivity index (χ0) is 18.5. The molecular weight excluding hydrogens is 330 g/mol. The lowest BCUT2D eigenvalue weighted by molar-refractivity contribution is -0.150. The number of aliphatic carboxylic acids is 1. The highest BCUT2D eigenvalue weighted by molar-refractivity contribution is 6.36. The van der Waals surface area contributed by atoms with Crippen molar-refractivity contribution >= 4 is 34.1 Å². The van der Waals surface area contributed by atoms with E-state index in [1.807, 2.05) is 48.5 Å². The number of amides is 1. The molecule has 5 nitrogen and oxygen atoms in total. The molecule has 1 N–H and O–H groups in total. The Hall–Kier alpha value is -3.47. The summed E-state index contributed by atoms with van der Waals surface area (Å²) in [6.45, 7) is 0.247. The molecule has 0 spiro atoms. The van der Waals surface area contributed by atoms with Gasteiger partial charge in [-0.05, 0) is 28.5 Å². The lowest BCUT2D eigenvalue weighted by atomic mass is 10.0. The summed E-state index contributed by atoms with van der Waals surface area (Å²) in [6.07, 6.45) is -0.672. The number of ketones is 1. The van der Waals surface area contributed by atoms with E-state index in [4.69, 9.17) is 5.11 Å². The van der Waals surface area contributed by atoms with Gasteiger partial charge < -0.3 is 10.0 Å². The van der Waals surface area contributed by atoms with E-state index in [0.717, 1.165) is 16.3 Å². The highest BCUT2D eigenvalue weighted by Gasteiger charge is 2.23. The van der Waals surface area contributed by atoms with Crippen molar-refractivity contribution < 1.29 is 19.5 Å². The topological polar surface area (TPSA) is 74.7 Å². The summed E-state index contributed by atoms with van der Waals surface area (Å²) in [7, 11) is 0. The van der Waals surface area contributed by atoms with Gasteiger partial charge >= 0.3 is 5.97 Å². The number of carbonyl (C=O) groups is 3. The van der Waals surface area contributed by atoms with Crippen LogP contribution in [0.4, 0.5) is 5.69 Å². The van der Waals surface area contributed by atoms with E-state index in [0.29, 0.717) is 5.69 Å². The van der Waals surface area contributed by atoms with E-state index in [9.17, 15) is 14.4 Å². The number of carboxylic acid groups (broad SMARTS) is 1. The minimum Gasteiger partial charge on any atom is -0.475 e. The van der Waals surface area contributed by atoms with Gasteiger partial charge in [0.05, 0.1) is 13.0 Å². The number of anilines is 1. The number of carbonyl (C=O) groups excluding carboxylic acids is 2. The Morgan fingerprint density at radius 2 is 1.46 bits per heavy atom. The normalized spacial score (nSPS) is 10.5. The number of benzene rings is 3. The van der Waals surface area contributed by atoms with E-state index >= 15 is 0 Å². The summed E-state index contributed by atoms with van der Waals surface area (Å²) in [5.41, 5.74) is 1.53. The van der Waals surface area contributed by atoms with Crippen molar-refractivity contribution in [3.63, 3.8) is 0 Å². The van der Waals surface area contributed by atoms with Crippen LogP contribution < -0.4 is 4.90 Å². The highest BCUT2D eigenvalue weighted by Crippen LogP contribution is 2.23. The average Bonchev–Trinajstić information content (AvgIpc) is 2.66. The molecule has 26 heavy (non-hydrogen) atoms. The molecule has 0 heterocycles. The summed E-state index contributed by atoms with van der Waals surface area (Å²) in [5, 5.41) is 10.8. The second-order valence-corrected chi connectivity index (χ2v) is 5.86. The molecule has 0 aliphatic heterocycles. The maximum atomic E-state index is 12.6. The van der Waals surface area contributed by atoms with Crippen molar-refractivity contribution in [3.8, 4) is 0 Å². The van der Waals surface area contributed by atoms with Gasteiger partial charge in [0.25, 0.3) is 0 Å². The molecule has 0 saturated carbocycles. The SMILES string of the molecule is O=C(O)C(=O)CC(=O)N(Cc1cccc2ccccc12)c1ccccc1. The molecule has 3 aromatic carbocycles. The Morgan fingerprint density at radius 3 is 2.19 bits per heavy atom. The van der Waals surface area contributed by atoms with Crippen LogP contribution in [-0.4, -0.2) is 22.8 Å². The highest BCUT2D eigenvalue weighted by atomic mass is 16.4. The van der Waals surface area contributed by atoms with E-state index in [2.05, 4.69) is 0 Å². The first kappa shape index (κ1) is 17.4. The third kappa shape index (κ3) is 3.78. The van der Waals surface area contributed by atoms with Gasteiger partial charge in [-0.1, -0.05) is 60.7 Å². The molecule has 0 unspecified atom stereocenters. The van der Waals surface area contributed by atoms with Crippen LogP contribution in [-0.2, 0) is 20.9 Å². The molecule has 0 atom stereocenters. The average molecular weight is 347 g/mol. The van der Waals surface area contributed by atoms with Crippen LogP contribution in [0, 0.1) is 0 Å². The largest absolute Gasteiger partial charge is 0.475 e. The first-order valence-corrected chi connectivity index (χ1v) is 8.14. The van der Waals surface area contributed by atoms with Crippen LogP contribution in [0.15, 0.2) is 72.8 Å². The van der Waals surface area contributed by atoms with Crippen molar-refractivity contribution in [3.05, 3.63) is 78.4 Å². The predicted octanol–water partition coefficient (Wildman–Crippen LogP) is 3.42. The lowest BCUT2D eigenvalue weighted by Gasteiger charge is -2.23. The number of para-hydroxylation sites is 1. The lowest BCUT2D eigenvalue weighted by Crippen LogP contribution is -2.33. The van der Waals surface area contributed by atoms with Crippen LogP contribution >= 0.6 is 0 Å². The van der Waals surface area contributed by atoms with E-state index in [1.54, 1.807) is 24.3 Å². The Balaban J connectivity index is 1.97. The van der Waals surface area contributed by atoms with Crippen LogP contribution in [0.2, 0.25) is 0 Å². The molecule has 0 aromatic heterocycles. The molecular formula is C21H17NO4. The van der Waals surface area contributed by atoms with E-state index in [-0.39, 0.29) is 6.54 Å². The number of hydrogen-bond acceptors (Lipinski definition) is 3. The number of rotatable bonds is 6. The van der Waals surface area contributed by atoms with Gasteiger partial charge in [-0.25, -0.2) is 4.79 Å². The smallest absolute Gasteiger partial charge is 0.372 e. The van der Waals surface area contributed by atoms with Crippen LogP contribution in [0.1, 0.15) is 12.0 Å². The van der Waals surface area contributed by atoms with Gasteiger partial charge in [-0.2, -0.15) is 0 Å². The van der Waals surface area contributed by atoms with Gasteiger partial charge in [0.1, 0.15) is 0 Å². The fourth-order valence-electron chi connectivity index (χ4n) is 2.84. The molecule has 3 rings (SSSR count). The van der Waals surface area contributed by atoms with Crippen LogP contribution in [0.5, 0.6) is 0 Å². The van der Waals surface area contributed by atoms with Gasteiger partial charge in [0.15, 0.2) is 0 Å². The number of nitrogens with zero attached hydrogens (tertiary/aromatic N) is 1. The first-order valence-electron chi connectivity index (χ1n) is 8.14. The number of Topliss-reactive ketones (excluding diaryl/α,β-unsaturated/α-hetero) is 1. The molecule has 0 aliphatic rings. The summed E-state index contributed by atoms with van der Waals surface area (Å²) in [5.74, 6) is -3.26. The third-order valence-electron chi connectivity index (χ3n) is 4.13. The fraction of sp³-hybridized carbons (Fsp3) is 0.0952. The number of carboxylic acids is 1. The molecule has 0 saturated heterocycles. The van der Waals surface area contributed by atoms with Crippen LogP contribution in [0.25, 0.3) is 10.8 Å². The van der Waals surface area contributed by atoms with E-state index < -0.39 is 24.1 Å². The minimum absolute atomic E-state index is 0.247. The third-order valence-corrected chi connectivity index (χ3v) is 4.13. The van der Waals surface area contributed by atoms with Crippen molar-refractivity contribution in [2.45, 2.75) is 13.0 Å². The molecule has 5 heteroatoms. The quantitative estimate of drug-likeness (QED) is 0.548. The molecule has 0 fully saturated rings. The van der Waals surface area contributed by atoms with Crippen molar-refractivity contribution in [2.75, 3.05) is 4.90 Å². The van der Waals surface area contributed by atoms with Crippen molar-refractivity contribution in [2.24, 2.45) is 0 Å². The molecule has 0 radical (unpaired) electrons. The number of fused-ring (bicyclic) bond motifs is 1. The molecule has 1 amide bonds. The van der Waals surface area contributed by atoms with E-state index in [1.165, 1.54) is 4.90 Å². The van der Waals surface area contributed by atoms with Gasteiger partial charge in [-0.15, -0.1) is 0 Å². The van der Waals surface area contributed by atoms with Gasteiger partial charge in [0.2, 0.25) is 11.7 Å². The molecule has 0 bridgehead atoms. The molecule has 130 valence electrons. The zero-order valence-electron chi connectivity index (χ0n) is 14.0. The Bertz CT molecular complexity index is 961. The minimum atomic E-state index is -1.60. The Morgan fingerprint density at radius 1 is 0.808 bits per heavy atom. The zero-order valence-corrected chi connectivity index (χ0v) is 14.0. The van der Waals surface area contributed by atoms with Crippen molar-refractivity contribution in [1.82, 2.24) is 0 Å². The second kappa shape index (κ2) is 7.61. The summed E-state index contributed by atoms with van der Waals surface area (Å²) < 4.78 is 0. The van der Waals surface area contributed by atoms with Gasteiger partial charge in [-0.3, -0.25) is 9.59 Å². The second-order valence-electron chi connectivity index (χ2n) is 5.86. The fourth-order valence-corrected chi connectivity index (χ4v) is 2.84. The van der Waals surface area contributed by atoms with Crippen molar-refractivity contribution in [1.29, 1.82) is 0 Å². The monoisotopic (exact) mass is 347 g/mol. The first-order chi connectivity index (χ1) is 12.6. The summed E-state index contributed by atoms with van der Waals surface area (Å²) in [4.78, 5) is 36.4. The standard InChI is InChI=1S/C21H17NO4/c23-19(21(25)26)13-20(24)22(17-10-2-1-3-11-17)14-16-9-6-8-15-7-4-5-12-18(15)16/h1-12H,13-14H2,(H,25,26). The molecule has 3 aromatic rings. The predicted molar refractivity (Wildman–Crippen MR) is 98.8 cm³/mol. The Labute approximate surface area is 150 Å². The molecule has 0 aliphatic carbocycles.